The van der Waals surface area contributed by atoms with E-state index in [0.29, 0.717) is 4.32 Å². The van der Waals surface area contributed by atoms with E-state index in [0.717, 1.165) is 12.5 Å². The van der Waals surface area contributed by atoms with Crippen LogP contribution in [0.5, 0.6) is 0 Å². The molecule has 78 valence electrons. The standard InChI is InChI=1S/C10H21NS2/c1-9(2)7-5-3-4-6-8-11-10(12)13/h9H,3-8H2,1-2H3,(H2,11,12,13). The number of thiol groups is 1. The van der Waals surface area contributed by atoms with Gasteiger partial charge in [-0.15, -0.1) is 12.6 Å². The van der Waals surface area contributed by atoms with Gasteiger partial charge in [-0.05, 0) is 12.3 Å². The minimum Gasteiger partial charge on any atom is -0.371 e. The Kier molecular flexibility index (Phi) is 8.98. The van der Waals surface area contributed by atoms with E-state index < -0.39 is 0 Å². The zero-order valence-electron chi connectivity index (χ0n) is 8.68. The van der Waals surface area contributed by atoms with Crippen molar-refractivity contribution < 1.29 is 0 Å². The van der Waals surface area contributed by atoms with E-state index in [1.807, 2.05) is 0 Å². The van der Waals surface area contributed by atoms with Gasteiger partial charge in [-0.1, -0.05) is 51.7 Å². The molecular formula is C10H21NS2. The average molecular weight is 219 g/mol. The van der Waals surface area contributed by atoms with Crippen molar-refractivity contribution in [1.82, 2.24) is 5.32 Å². The van der Waals surface area contributed by atoms with Gasteiger partial charge in [-0.2, -0.15) is 0 Å². The van der Waals surface area contributed by atoms with Crippen LogP contribution in [0.4, 0.5) is 0 Å². The van der Waals surface area contributed by atoms with Crippen molar-refractivity contribution in [2.24, 2.45) is 5.92 Å². The lowest BCUT2D eigenvalue weighted by atomic mass is 10.0. The van der Waals surface area contributed by atoms with Crippen LogP contribution in [0.15, 0.2) is 0 Å². The largest absolute Gasteiger partial charge is 0.371 e. The molecule has 0 aliphatic carbocycles. The van der Waals surface area contributed by atoms with Crippen molar-refractivity contribution in [3.05, 3.63) is 0 Å². The SMILES string of the molecule is CC(C)CCCCCCNC(=S)S. The van der Waals surface area contributed by atoms with Crippen molar-refractivity contribution in [3.63, 3.8) is 0 Å². The quantitative estimate of drug-likeness (QED) is 0.387. The number of rotatable bonds is 7. The molecule has 0 bridgehead atoms. The Labute approximate surface area is 93.1 Å². The zero-order valence-corrected chi connectivity index (χ0v) is 10.4. The minimum atomic E-state index is 0.613. The molecule has 0 aromatic heterocycles. The second-order valence-electron chi connectivity index (χ2n) is 3.83. The van der Waals surface area contributed by atoms with Crippen LogP contribution in [-0.2, 0) is 0 Å². The summed E-state index contributed by atoms with van der Waals surface area (Å²) < 4.78 is 0.613. The summed E-state index contributed by atoms with van der Waals surface area (Å²) in [5, 5.41) is 3.04. The fraction of sp³-hybridized carbons (Fsp3) is 0.900. The molecule has 1 N–H and O–H groups in total. The molecule has 0 amide bonds. The fourth-order valence-corrected chi connectivity index (χ4v) is 1.44. The van der Waals surface area contributed by atoms with Gasteiger partial charge < -0.3 is 5.32 Å². The van der Waals surface area contributed by atoms with Crippen molar-refractivity contribution >= 4 is 29.2 Å². The second-order valence-corrected chi connectivity index (χ2v) is 4.99. The van der Waals surface area contributed by atoms with E-state index in [9.17, 15) is 0 Å². The molecule has 0 aromatic carbocycles. The number of hydrogen-bond donors (Lipinski definition) is 2. The smallest absolute Gasteiger partial charge is 0.130 e. The van der Waals surface area contributed by atoms with Gasteiger partial charge in [0.25, 0.3) is 0 Å². The van der Waals surface area contributed by atoms with Gasteiger partial charge >= 0.3 is 0 Å². The van der Waals surface area contributed by atoms with Crippen LogP contribution >= 0.6 is 24.8 Å². The maximum atomic E-state index is 4.78. The monoisotopic (exact) mass is 219 g/mol. The maximum Gasteiger partial charge on any atom is 0.130 e. The summed E-state index contributed by atoms with van der Waals surface area (Å²) in [7, 11) is 0. The Balaban J connectivity index is 2.96. The highest BCUT2D eigenvalue weighted by molar-refractivity contribution is 8.11. The van der Waals surface area contributed by atoms with Gasteiger partial charge in [0.15, 0.2) is 0 Å². The lowest BCUT2D eigenvalue weighted by Crippen LogP contribution is -2.17. The molecule has 3 heteroatoms. The van der Waals surface area contributed by atoms with Gasteiger partial charge in [0.05, 0.1) is 0 Å². The van der Waals surface area contributed by atoms with Crippen LogP contribution in [0.1, 0.15) is 46.0 Å². The van der Waals surface area contributed by atoms with Gasteiger partial charge in [0.2, 0.25) is 0 Å². The molecule has 13 heavy (non-hydrogen) atoms. The zero-order chi connectivity index (χ0) is 10.1. The molecule has 0 saturated heterocycles. The van der Waals surface area contributed by atoms with Crippen LogP contribution in [0.3, 0.4) is 0 Å². The molecular weight excluding hydrogens is 198 g/mol. The lowest BCUT2D eigenvalue weighted by molar-refractivity contribution is 0.519. The first-order chi connectivity index (χ1) is 6.13. The fourth-order valence-electron chi connectivity index (χ4n) is 1.23. The van der Waals surface area contributed by atoms with Gasteiger partial charge in [-0.25, -0.2) is 0 Å². The van der Waals surface area contributed by atoms with Gasteiger partial charge in [0.1, 0.15) is 4.32 Å². The molecule has 0 rings (SSSR count). The van der Waals surface area contributed by atoms with Crippen molar-refractivity contribution in [3.8, 4) is 0 Å². The molecule has 0 saturated carbocycles. The van der Waals surface area contributed by atoms with E-state index in [1.54, 1.807) is 0 Å². The van der Waals surface area contributed by atoms with Crippen LogP contribution in [0.2, 0.25) is 0 Å². The van der Waals surface area contributed by atoms with Gasteiger partial charge in [0, 0.05) is 6.54 Å². The molecule has 0 aliphatic heterocycles. The normalized spacial score (nSPS) is 10.5. The third-order valence-corrected chi connectivity index (χ3v) is 2.29. The average Bonchev–Trinajstić information content (AvgIpc) is 2.01. The lowest BCUT2D eigenvalue weighted by Gasteiger charge is -2.05. The predicted octanol–water partition coefficient (Wildman–Crippen LogP) is 3.40. The first kappa shape index (κ1) is 13.2. The summed E-state index contributed by atoms with van der Waals surface area (Å²) in [6, 6.07) is 0. The van der Waals surface area contributed by atoms with Gasteiger partial charge in [-0.3, -0.25) is 0 Å². The number of unbranched alkanes of at least 4 members (excludes halogenated alkanes) is 3. The third kappa shape index (κ3) is 12.2. The summed E-state index contributed by atoms with van der Waals surface area (Å²) in [5.41, 5.74) is 0. The first-order valence-electron chi connectivity index (χ1n) is 5.09. The molecule has 0 atom stereocenters. The van der Waals surface area contributed by atoms with Crippen molar-refractivity contribution in [1.29, 1.82) is 0 Å². The molecule has 0 fully saturated rings. The Bertz CT molecular complexity index is 135. The van der Waals surface area contributed by atoms with Crippen LogP contribution in [0.25, 0.3) is 0 Å². The van der Waals surface area contributed by atoms with E-state index >= 15 is 0 Å². The first-order valence-corrected chi connectivity index (χ1v) is 5.95. The highest BCUT2D eigenvalue weighted by Gasteiger charge is 1.94. The Hall–Kier alpha value is 0.240. The summed E-state index contributed by atoms with van der Waals surface area (Å²) in [5.74, 6) is 0.850. The van der Waals surface area contributed by atoms with E-state index in [-0.39, 0.29) is 0 Å². The topological polar surface area (TPSA) is 12.0 Å². The van der Waals surface area contributed by atoms with Crippen molar-refractivity contribution in [2.45, 2.75) is 46.0 Å². The van der Waals surface area contributed by atoms with E-state index in [2.05, 4.69) is 31.8 Å². The molecule has 0 heterocycles. The van der Waals surface area contributed by atoms with Crippen LogP contribution < -0.4 is 5.32 Å². The molecule has 0 aromatic rings. The Morgan fingerprint density at radius 3 is 2.38 bits per heavy atom. The summed E-state index contributed by atoms with van der Waals surface area (Å²) in [6.07, 6.45) is 6.58. The highest BCUT2D eigenvalue weighted by atomic mass is 32.1. The molecule has 0 spiro atoms. The second kappa shape index (κ2) is 8.82. The highest BCUT2D eigenvalue weighted by Crippen LogP contribution is 2.08. The summed E-state index contributed by atoms with van der Waals surface area (Å²) in [6.45, 7) is 5.53. The van der Waals surface area contributed by atoms with Crippen LogP contribution in [-0.4, -0.2) is 10.9 Å². The van der Waals surface area contributed by atoms with E-state index in [4.69, 9.17) is 12.2 Å². The number of hydrogen-bond acceptors (Lipinski definition) is 1. The van der Waals surface area contributed by atoms with E-state index in [1.165, 1.54) is 32.1 Å². The minimum absolute atomic E-state index is 0.613. The summed E-state index contributed by atoms with van der Waals surface area (Å²) in [4.78, 5) is 0. The third-order valence-electron chi connectivity index (χ3n) is 1.98. The van der Waals surface area contributed by atoms with Crippen molar-refractivity contribution in [2.75, 3.05) is 6.54 Å². The Morgan fingerprint density at radius 2 is 1.85 bits per heavy atom. The van der Waals surface area contributed by atoms with Crippen LogP contribution in [0, 0.1) is 5.92 Å². The number of nitrogens with one attached hydrogen (secondary N) is 1. The molecule has 0 radical (unpaired) electrons. The predicted molar refractivity (Wildman–Crippen MR) is 67.5 cm³/mol. The molecule has 1 nitrogen and oxygen atoms in total. The molecule has 0 aliphatic rings. The summed E-state index contributed by atoms with van der Waals surface area (Å²) >= 11 is 8.77. The Morgan fingerprint density at radius 1 is 1.23 bits per heavy atom. The molecule has 0 unspecified atom stereocenters. The number of thiocarbonyl (C=S) groups is 1. The maximum absolute atomic E-state index is 4.78.